The van der Waals surface area contributed by atoms with Crippen LogP contribution in [0.4, 0.5) is 10.1 Å². The zero-order chi connectivity index (χ0) is 13.5. The number of hydrogen-bond donors (Lipinski definition) is 1. The van der Waals surface area contributed by atoms with E-state index in [-0.39, 0.29) is 5.82 Å². The molecule has 1 aromatic carbocycles. The number of halogens is 1. The van der Waals surface area contributed by atoms with Gasteiger partial charge in [0.2, 0.25) is 0 Å². The maximum absolute atomic E-state index is 13.4. The minimum atomic E-state index is -0.162. The predicted molar refractivity (Wildman–Crippen MR) is 76.6 cm³/mol. The topological polar surface area (TPSA) is 15.3 Å². The molecule has 0 aliphatic carbocycles. The molecule has 102 valence electrons. The van der Waals surface area contributed by atoms with Crippen LogP contribution in [0.15, 0.2) is 18.2 Å². The van der Waals surface area contributed by atoms with E-state index in [4.69, 9.17) is 0 Å². The Morgan fingerprint density at radius 1 is 1.33 bits per heavy atom. The number of nitrogens with one attached hydrogen (secondary N) is 1. The fourth-order valence-electron chi connectivity index (χ4n) is 1.95. The van der Waals surface area contributed by atoms with Crippen LogP contribution in [-0.2, 0) is 6.54 Å². The Hall–Kier alpha value is -1.09. The minimum Gasteiger partial charge on any atom is -0.372 e. The van der Waals surface area contributed by atoms with E-state index in [1.807, 2.05) is 6.07 Å². The van der Waals surface area contributed by atoms with Gasteiger partial charge in [-0.1, -0.05) is 13.8 Å². The van der Waals surface area contributed by atoms with E-state index in [1.165, 1.54) is 6.07 Å². The standard InChI is InChI=1S/C15H25FN2/c1-5-9-17-11-13-10-14(16)7-8-15(13)18(4)12(3)6-2/h7-8,10,12,17H,5-6,9,11H2,1-4H3. The number of anilines is 1. The zero-order valence-corrected chi connectivity index (χ0v) is 12.0. The van der Waals surface area contributed by atoms with Crippen molar-refractivity contribution in [1.29, 1.82) is 0 Å². The summed E-state index contributed by atoms with van der Waals surface area (Å²) < 4.78 is 13.4. The monoisotopic (exact) mass is 252 g/mol. The molecule has 0 spiro atoms. The SMILES string of the molecule is CCCNCc1cc(F)ccc1N(C)C(C)CC. The highest BCUT2D eigenvalue weighted by Gasteiger charge is 2.12. The van der Waals surface area contributed by atoms with Crippen LogP contribution in [-0.4, -0.2) is 19.6 Å². The Morgan fingerprint density at radius 3 is 2.67 bits per heavy atom. The van der Waals surface area contributed by atoms with Gasteiger partial charge in [0, 0.05) is 25.3 Å². The van der Waals surface area contributed by atoms with Crippen molar-refractivity contribution in [2.45, 2.75) is 46.2 Å². The number of hydrogen-bond acceptors (Lipinski definition) is 2. The third-order valence-electron chi connectivity index (χ3n) is 3.42. The van der Waals surface area contributed by atoms with Crippen molar-refractivity contribution in [3.63, 3.8) is 0 Å². The fraction of sp³-hybridized carbons (Fsp3) is 0.600. The van der Waals surface area contributed by atoms with Crippen molar-refractivity contribution in [2.24, 2.45) is 0 Å². The molecule has 0 fully saturated rings. The zero-order valence-electron chi connectivity index (χ0n) is 12.0. The molecule has 1 atom stereocenters. The van der Waals surface area contributed by atoms with Crippen molar-refractivity contribution >= 4 is 5.69 Å². The summed E-state index contributed by atoms with van der Waals surface area (Å²) in [6.45, 7) is 8.17. The van der Waals surface area contributed by atoms with E-state index in [0.717, 1.165) is 37.2 Å². The first-order valence-corrected chi connectivity index (χ1v) is 6.82. The average Bonchev–Trinajstić information content (AvgIpc) is 2.37. The van der Waals surface area contributed by atoms with Gasteiger partial charge in [0.05, 0.1) is 0 Å². The lowest BCUT2D eigenvalue weighted by Crippen LogP contribution is -2.29. The second kappa shape index (κ2) is 7.37. The maximum atomic E-state index is 13.4. The molecule has 0 aromatic heterocycles. The molecule has 3 heteroatoms. The van der Waals surface area contributed by atoms with E-state index in [0.29, 0.717) is 6.04 Å². The molecule has 1 N–H and O–H groups in total. The molecule has 0 bridgehead atoms. The van der Waals surface area contributed by atoms with Gasteiger partial charge in [-0.05, 0) is 50.1 Å². The molecule has 1 rings (SSSR count). The molecule has 2 nitrogen and oxygen atoms in total. The van der Waals surface area contributed by atoms with E-state index in [9.17, 15) is 4.39 Å². The molecule has 0 saturated carbocycles. The molecule has 0 amide bonds. The molecule has 0 aliphatic heterocycles. The van der Waals surface area contributed by atoms with Crippen LogP contribution in [0.3, 0.4) is 0 Å². The highest BCUT2D eigenvalue weighted by atomic mass is 19.1. The van der Waals surface area contributed by atoms with Crippen LogP contribution in [0, 0.1) is 5.82 Å². The van der Waals surface area contributed by atoms with Gasteiger partial charge in [-0.3, -0.25) is 0 Å². The van der Waals surface area contributed by atoms with E-state index in [2.05, 4.69) is 38.0 Å². The molecule has 1 aromatic rings. The molecular weight excluding hydrogens is 227 g/mol. The van der Waals surface area contributed by atoms with Gasteiger partial charge in [-0.15, -0.1) is 0 Å². The normalized spacial score (nSPS) is 12.5. The van der Waals surface area contributed by atoms with Gasteiger partial charge in [0.25, 0.3) is 0 Å². The lowest BCUT2D eigenvalue weighted by molar-refractivity contribution is 0.613. The summed E-state index contributed by atoms with van der Waals surface area (Å²) in [5, 5.41) is 3.34. The number of benzene rings is 1. The predicted octanol–water partition coefficient (Wildman–Crippen LogP) is 3.56. The lowest BCUT2D eigenvalue weighted by atomic mass is 10.1. The van der Waals surface area contributed by atoms with Gasteiger partial charge in [0.1, 0.15) is 5.82 Å². The first kappa shape index (κ1) is 15.0. The molecule has 0 heterocycles. The first-order chi connectivity index (χ1) is 8.60. The van der Waals surface area contributed by atoms with Gasteiger partial charge >= 0.3 is 0 Å². The highest BCUT2D eigenvalue weighted by molar-refractivity contribution is 5.54. The van der Waals surface area contributed by atoms with Crippen molar-refractivity contribution in [3.8, 4) is 0 Å². The summed E-state index contributed by atoms with van der Waals surface area (Å²) in [6, 6.07) is 5.51. The van der Waals surface area contributed by atoms with Crippen LogP contribution in [0.25, 0.3) is 0 Å². The van der Waals surface area contributed by atoms with E-state index < -0.39 is 0 Å². The summed E-state index contributed by atoms with van der Waals surface area (Å²) in [7, 11) is 2.07. The van der Waals surface area contributed by atoms with Crippen molar-refractivity contribution in [1.82, 2.24) is 5.32 Å². The molecule has 1 unspecified atom stereocenters. The molecule has 0 aliphatic rings. The third-order valence-corrected chi connectivity index (χ3v) is 3.42. The molecule has 0 saturated heterocycles. The molecule has 18 heavy (non-hydrogen) atoms. The van der Waals surface area contributed by atoms with E-state index >= 15 is 0 Å². The van der Waals surface area contributed by atoms with Crippen LogP contribution in [0.2, 0.25) is 0 Å². The second-order valence-corrected chi connectivity index (χ2v) is 4.82. The van der Waals surface area contributed by atoms with Gasteiger partial charge in [-0.25, -0.2) is 4.39 Å². The van der Waals surface area contributed by atoms with Crippen LogP contribution < -0.4 is 10.2 Å². The quantitative estimate of drug-likeness (QED) is 0.746. The third kappa shape index (κ3) is 3.98. The number of nitrogens with zero attached hydrogens (tertiary/aromatic N) is 1. The molecule has 0 radical (unpaired) electrons. The van der Waals surface area contributed by atoms with Crippen molar-refractivity contribution in [3.05, 3.63) is 29.6 Å². The first-order valence-electron chi connectivity index (χ1n) is 6.82. The van der Waals surface area contributed by atoms with E-state index in [1.54, 1.807) is 6.07 Å². The van der Waals surface area contributed by atoms with Gasteiger partial charge in [-0.2, -0.15) is 0 Å². The minimum absolute atomic E-state index is 0.162. The largest absolute Gasteiger partial charge is 0.372 e. The Morgan fingerprint density at radius 2 is 2.06 bits per heavy atom. The summed E-state index contributed by atoms with van der Waals surface area (Å²) in [4.78, 5) is 2.22. The fourth-order valence-corrected chi connectivity index (χ4v) is 1.95. The van der Waals surface area contributed by atoms with Crippen LogP contribution >= 0.6 is 0 Å². The Kier molecular flexibility index (Phi) is 6.13. The Labute approximate surface area is 110 Å². The van der Waals surface area contributed by atoms with Gasteiger partial charge < -0.3 is 10.2 Å². The summed E-state index contributed by atoms with van der Waals surface area (Å²) in [6.07, 6.45) is 2.17. The average molecular weight is 252 g/mol. The van der Waals surface area contributed by atoms with Crippen molar-refractivity contribution < 1.29 is 4.39 Å². The van der Waals surface area contributed by atoms with Gasteiger partial charge in [0.15, 0.2) is 0 Å². The summed E-state index contributed by atoms with van der Waals surface area (Å²) in [5.41, 5.74) is 2.15. The summed E-state index contributed by atoms with van der Waals surface area (Å²) in [5.74, 6) is -0.162. The highest BCUT2D eigenvalue weighted by Crippen LogP contribution is 2.23. The van der Waals surface area contributed by atoms with Crippen LogP contribution in [0.1, 0.15) is 39.2 Å². The maximum Gasteiger partial charge on any atom is 0.123 e. The van der Waals surface area contributed by atoms with Crippen molar-refractivity contribution in [2.75, 3.05) is 18.5 Å². The Balaban J connectivity index is 2.88. The summed E-state index contributed by atoms with van der Waals surface area (Å²) >= 11 is 0. The molecular formula is C15H25FN2. The second-order valence-electron chi connectivity index (χ2n) is 4.82. The lowest BCUT2D eigenvalue weighted by Gasteiger charge is -2.28. The van der Waals surface area contributed by atoms with Crippen LogP contribution in [0.5, 0.6) is 0 Å². The Bertz CT molecular complexity index is 366. The number of rotatable bonds is 7. The smallest absolute Gasteiger partial charge is 0.123 e.